The fraction of sp³-hybridized carbons (Fsp3) is 0.182. The quantitative estimate of drug-likeness (QED) is 0.505. The topological polar surface area (TPSA) is 49.8 Å². The number of nitrogens with zero attached hydrogens (tertiary/aromatic N) is 2. The summed E-state index contributed by atoms with van der Waals surface area (Å²) in [5.41, 5.74) is 6.24. The molecule has 0 amide bonds. The maximum atomic E-state index is 4.67. The van der Waals surface area contributed by atoms with Crippen molar-refractivity contribution in [3.63, 3.8) is 0 Å². The minimum Gasteiger partial charge on any atom is -0.382 e. The number of pyridine rings is 2. The molecule has 4 rings (SSSR count). The van der Waals surface area contributed by atoms with Gasteiger partial charge in [0, 0.05) is 35.2 Å². The van der Waals surface area contributed by atoms with Crippen LogP contribution in [0.4, 0.5) is 11.4 Å². The maximum absolute atomic E-state index is 4.67. The molecule has 0 aliphatic heterocycles. The zero-order valence-electron chi connectivity index (χ0n) is 15.1. The molecule has 0 aliphatic rings. The lowest BCUT2D eigenvalue weighted by Crippen LogP contribution is -2.14. The van der Waals surface area contributed by atoms with Crippen LogP contribution in [0.5, 0.6) is 0 Å². The normalized spacial score (nSPS) is 11.0. The second-order valence-electron chi connectivity index (χ2n) is 6.51. The Morgan fingerprint density at radius 2 is 1.08 bits per heavy atom. The molecule has 0 saturated carbocycles. The zero-order valence-corrected chi connectivity index (χ0v) is 15.1. The second-order valence-corrected chi connectivity index (χ2v) is 6.51. The van der Waals surface area contributed by atoms with Crippen LogP contribution in [0.1, 0.15) is 11.4 Å². The molecule has 4 heteroatoms. The van der Waals surface area contributed by atoms with E-state index in [-0.39, 0.29) is 0 Å². The van der Waals surface area contributed by atoms with Crippen molar-refractivity contribution < 1.29 is 0 Å². The fourth-order valence-electron chi connectivity index (χ4n) is 3.17. The van der Waals surface area contributed by atoms with Gasteiger partial charge >= 0.3 is 0 Å². The highest BCUT2D eigenvalue weighted by molar-refractivity contribution is 5.91. The number of hydrogen-bond acceptors (Lipinski definition) is 4. The summed E-state index contributed by atoms with van der Waals surface area (Å²) >= 11 is 0. The Kier molecular flexibility index (Phi) is 4.40. The summed E-state index contributed by atoms with van der Waals surface area (Å²) in [6.07, 6.45) is 0. The van der Waals surface area contributed by atoms with E-state index in [1.165, 1.54) is 0 Å². The van der Waals surface area contributed by atoms with Gasteiger partial charge in [-0.05, 0) is 38.1 Å². The summed E-state index contributed by atoms with van der Waals surface area (Å²) in [5, 5.41) is 9.31. The van der Waals surface area contributed by atoms with Crippen molar-refractivity contribution in [2.45, 2.75) is 13.8 Å². The third-order valence-electron chi connectivity index (χ3n) is 4.47. The van der Waals surface area contributed by atoms with Gasteiger partial charge in [0.15, 0.2) is 0 Å². The average Bonchev–Trinajstić information content (AvgIpc) is 2.65. The number of fused-ring (bicyclic) bond motifs is 2. The highest BCUT2D eigenvalue weighted by atomic mass is 15.0. The molecule has 4 aromatic rings. The Labute approximate surface area is 153 Å². The predicted molar refractivity (Wildman–Crippen MR) is 110 cm³/mol. The van der Waals surface area contributed by atoms with E-state index in [0.717, 1.165) is 57.7 Å². The Balaban J connectivity index is 1.47. The van der Waals surface area contributed by atoms with Crippen LogP contribution in [0.3, 0.4) is 0 Å². The summed E-state index contributed by atoms with van der Waals surface area (Å²) in [6, 6.07) is 20.8. The second kappa shape index (κ2) is 7.00. The molecule has 2 aromatic carbocycles. The van der Waals surface area contributed by atoms with Crippen molar-refractivity contribution in [2.24, 2.45) is 0 Å². The largest absolute Gasteiger partial charge is 0.382 e. The first-order valence-corrected chi connectivity index (χ1v) is 8.91. The highest BCUT2D eigenvalue weighted by Gasteiger charge is 2.04. The van der Waals surface area contributed by atoms with Gasteiger partial charge in [-0.1, -0.05) is 36.4 Å². The van der Waals surface area contributed by atoms with E-state index in [4.69, 9.17) is 0 Å². The summed E-state index contributed by atoms with van der Waals surface area (Å²) in [4.78, 5) is 9.34. The van der Waals surface area contributed by atoms with Gasteiger partial charge < -0.3 is 10.6 Å². The van der Waals surface area contributed by atoms with Gasteiger partial charge in [0.25, 0.3) is 0 Å². The van der Waals surface area contributed by atoms with E-state index in [1.54, 1.807) is 0 Å². The first-order chi connectivity index (χ1) is 12.7. The number of nitrogens with one attached hydrogen (secondary N) is 2. The summed E-state index contributed by atoms with van der Waals surface area (Å²) in [5.74, 6) is 0. The van der Waals surface area contributed by atoms with Crippen LogP contribution in [-0.4, -0.2) is 23.1 Å². The smallest absolute Gasteiger partial charge is 0.0936 e. The van der Waals surface area contributed by atoms with E-state index >= 15 is 0 Å². The van der Waals surface area contributed by atoms with E-state index < -0.39 is 0 Å². The molecular formula is C22H22N4. The van der Waals surface area contributed by atoms with Crippen molar-refractivity contribution in [1.29, 1.82) is 0 Å². The lowest BCUT2D eigenvalue weighted by Gasteiger charge is -2.12. The molecule has 0 unspecified atom stereocenters. The molecule has 2 aromatic heterocycles. The lowest BCUT2D eigenvalue weighted by molar-refractivity contribution is 1.08. The van der Waals surface area contributed by atoms with Crippen molar-refractivity contribution in [3.05, 3.63) is 72.1 Å². The standard InChI is InChI=1S/C22H22N4/c1-15-9-11-17-5-3-7-19(21(17)25-15)23-13-14-24-20-8-4-6-18-12-10-16(2)26-22(18)20/h3-12,23-24H,13-14H2,1-2H3. The fourth-order valence-corrected chi connectivity index (χ4v) is 3.17. The van der Waals surface area contributed by atoms with E-state index in [0.29, 0.717) is 0 Å². The molecule has 0 aliphatic carbocycles. The first kappa shape index (κ1) is 16.3. The molecule has 130 valence electrons. The van der Waals surface area contributed by atoms with Gasteiger partial charge in [0.1, 0.15) is 0 Å². The third kappa shape index (κ3) is 3.31. The van der Waals surface area contributed by atoms with Crippen LogP contribution in [0.2, 0.25) is 0 Å². The highest BCUT2D eigenvalue weighted by Crippen LogP contribution is 2.23. The van der Waals surface area contributed by atoms with Crippen molar-refractivity contribution in [1.82, 2.24) is 9.97 Å². The SMILES string of the molecule is Cc1ccc2cccc(NCCNc3cccc4ccc(C)nc34)c2n1. The number of benzene rings is 2. The Morgan fingerprint density at radius 1 is 0.615 bits per heavy atom. The molecule has 4 nitrogen and oxygen atoms in total. The molecule has 0 spiro atoms. The molecule has 26 heavy (non-hydrogen) atoms. The molecule has 0 bridgehead atoms. The molecule has 0 atom stereocenters. The van der Waals surface area contributed by atoms with Crippen LogP contribution in [0.25, 0.3) is 21.8 Å². The van der Waals surface area contributed by atoms with Gasteiger partial charge in [-0.2, -0.15) is 0 Å². The molecule has 0 radical (unpaired) electrons. The van der Waals surface area contributed by atoms with Gasteiger partial charge in [-0.25, -0.2) is 0 Å². The van der Waals surface area contributed by atoms with Gasteiger partial charge in [-0.15, -0.1) is 0 Å². The lowest BCUT2D eigenvalue weighted by atomic mass is 10.1. The number of anilines is 2. The molecule has 2 N–H and O–H groups in total. The predicted octanol–water partition coefficient (Wildman–Crippen LogP) is 4.92. The minimum absolute atomic E-state index is 0.803. The summed E-state index contributed by atoms with van der Waals surface area (Å²) in [6.45, 7) is 5.65. The number of para-hydroxylation sites is 2. The van der Waals surface area contributed by atoms with E-state index in [1.807, 2.05) is 26.0 Å². The zero-order chi connectivity index (χ0) is 17.9. The Morgan fingerprint density at radius 3 is 1.54 bits per heavy atom. The van der Waals surface area contributed by atoms with Crippen LogP contribution in [0.15, 0.2) is 60.7 Å². The average molecular weight is 342 g/mol. The van der Waals surface area contributed by atoms with Crippen molar-refractivity contribution in [3.8, 4) is 0 Å². The van der Waals surface area contributed by atoms with Crippen molar-refractivity contribution in [2.75, 3.05) is 23.7 Å². The maximum Gasteiger partial charge on any atom is 0.0936 e. The van der Waals surface area contributed by atoms with E-state index in [2.05, 4.69) is 69.1 Å². The molecular weight excluding hydrogens is 320 g/mol. The van der Waals surface area contributed by atoms with Gasteiger partial charge in [-0.3, -0.25) is 9.97 Å². The number of rotatable bonds is 5. The van der Waals surface area contributed by atoms with Crippen LogP contribution in [-0.2, 0) is 0 Å². The summed E-state index contributed by atoms with van der Waals surface area (Å²) in [7, 11) is 0. The van der Waals surface area contributed by atoms with E-state index in [9.17, 15) is 0 Å². The van der Waals surface area contributed by atoms with Gasteiger partial charge in [0.2, 0.25) is 0 Å². The monoisotopic (exact) mass is 342 g/mol. The molecule has 2 heterocycles. The first-order valence-electron chi connectivity index (χ1n) is 8.91. The molecule has 0 saturated heterocycles. The number of hydrogen-bond donors (Lipinski definition) is 2. The minimum atomic E-state index is 0.803. The van der Waals surface area contributed by atoms with Crippen LogP contribution < -0.4 is 10.6 Å². The molecule has 0 fully saturated rings. The van der Waals surface area contributed by atoms with Crippen molar-refractivity contribution >= 4 is 33.2 Å². The van der Waals surface area contributed by atoms with Crippen LogP contribution >= 0.6 is 0 Å². The third-order valence-corrected chi connectivity index (χ3v) is 4.47. The Hall–Kier alpha value is -3.14. The van der Waals surface area contributed by atoms with Crippen LogP contribution in [0, 0.1) is 13.8 Å². The Bertz CT molecular complexity index is 985. The number of aromatic nitrogens is 2. The number of aryl methyl sites for hydroxylation is 2. The van der Waals surface area contributed by atoms with Gasteiger partial charge in [0.05, 0.1) is 22.4 Å². The summed E-state index contributed by atoms with van der Waals surface area (Å²) < 4.78 is 0.